The molecule has 4 aliphatic heterocycles. The predicted octanol–water partition coefficient (Wildman–Crippen LogP) is 4.15. The van der Waals surface area contributed by atoms with Crippen molar-refractivity contribution in [2.75, 3.05) is 27.1 Å². The fourth-order valence-corrected chi connectivity index (χ4v) is 7.59. The number of aromatic hydroxyl groups is 2. The summed E-state index contributed by atoms with van der Waals surface area (Å²) in [7, 11) is 1.39. The van der Waals surface area contributed by atoms with Crippen LogP contribution in [0.25, 0.3) is 0 Å². The lowest BCUT2D eigenvalue weighted by molar-refractivity contribution is -0.151. The first kappa shape index (κ1) is 32.4. The van der Waals surface area contributed by atoms with Crippen LogP contribution in [0.3, 0.4) is 0 Å². The van der Waals surface area contributed by atoms with Crippen LogP contribution in [-0.4, -0.2) is 86.2 Å². The maximum atomic E-state index is 13.9. The lowest BCUT2D eigenvalue weighted by Gasteiger charge is -2.60. The molecule has 0 aliphatic carbocycles. The number of alkyl halides is 3. The number of hydrogen-bond donors (Lipinski definition) is 3. The number of piperazine rings is 1. The molecule has 4 unspecified atom stereocenters. The third-order valence-corrected chi connectivity index (χ3v) is 9.39. The zero-order valence-electron chi connectivity index (χ0n) is 25.0. The first-order valence-electron chi connectivity index (χ1n) is 14.3. The molecule has 2 aromatic carbocycles. The van der Waals surface area contributed by atoms with E-state index in [9.17, 15) is 30.2 Å². The summed E-state index contributed by atoms with van der Waals surface area (Å²) < 4.78 is 25.9. The number of phenolic OH excluding ortho intramolecular Hbond substituents is 2. The quantitative estimate of drug-likeness (QED) is 0.308. The summed E-state index contributed by atoms with van der Waals surface area (Å²) in [4.78, 5) is 28.9. The van der Waals surface area contributed by atoms with Gasteiger partial charge in [-0.05, 0) is 31.4 Å². The number of carbonyl (C=O) groups excluding carboxylic acids is 2. The predicted molar refractivity (Wildman–Crippen MR) is 161 cm³/mol. The van der Waals surface area contributed by atoms with Crippen molar-refractivity contribution in [2.24, 2.45) is 0 Å². The van der Waals surface area contributed by atoms with E-state index in [0.717, 1.165) is 0 Å². The van der Waals surface area contributed by atoms with Crippen molar-refractivity contribution in [3.63, 3.8) is 0 Å². The Morgan fingerprint density at radius 3 is 2.43 bits per heavy atom. The van der Waals surface area contributed by atoms with Gasteiger partial charge in [-0.3, -0.25) is 14.6 Å². The molecule has 1 fully saturated rings. The van der Waals surface area contributed by atoms with Crippen LogP contribution in [-0.2, 0) is 20.7 Å². The van der Waals surface area contributed by atoms with E-state index in [1.807, 2.05) is 0 Å². The van der Waals surface area contributed by atoms with Crippen molar-refractivity contribution < 1.29 is 48.6 Å². The molecule has 3 N–H and O–H groups in total. The molecule has 4 aliphatic rings. The highest BCUT2D eigenvalue weighted by atomic mass is 35.6. The molecule has 6 atom stereocenters. The Morgan fingerprint density at radius 1 is 1.11 bits per heavy atom. The lowest BCUT2D eigenvalue weighted by atomic mass is 9.70. The number of methoxy groups -OCH3 is 1. The number of nitrogens with zero attached hydrogens (tertiary/aromatic N) is 3. The van der Waals surface area contributed by atoms with Crippen LogP contribution in [0.15, 0.2) is 6.07 Å². The Hall–Kier alpha value is -3.54. The Labute approximate surface area is 278 Å². The van der Waals surface area contributed by atoms with E-state index in [0.29, 0.717) is 16.7 Å². The van der Waals surface area contributed by atoms with Crippen molar-refractivity contribution in [3.05, 3.63) is 39.4 Å². The van der Waals surface area contributed by atoms with Crippen LogP contribution in [0.5, 0.6) is 28.7 Å². The van der Waals surface area contributed by atoms with E-state index in [1.54, 1.807) is 24.8 Å². The Morgan fingerprint density at radius 2 is 1.80 bits per heavy atom. The molecule has 6 rings (SSSR count). The molecular formula is C30H30Cl3N3O10. The van der Waals surface area contributed by atoms with Crippen LogP contribution in [0.2, 0.25) is 0 Å². The SMILES string of the molecule is COc1c(C)cc2c(c1O)C1[C@@H]3C(O)c4c(O)c(C)c5c(c4C(COC(C)=O)N3[C@@H](C#N)C(C2)N1C(=O)OCC(Cl)(Cl)Cl)OCO5. The van der Waals surface area contributed by atoms with Gasteiger partial charge in [0.1, 0.15) is 31.1 Å². The molecular weight excluding hydrogens is 669 g/mol. The van der Waals surface area contributed by atoms with Crippen molar-refractivity contribution in [1.82, 2.24) is 9.80 Å². The maximum absolute atomic E-state index is 13.9. The van der Waals surface area contributed by atoms with Gasteiger partial charge >= 0.3 is 12.1 Å². The third kappa shape index (κ3) is 4.89. The van der Waals surface area contributed by atoms with Gasteiger partial charge in [0.25, 0.3) is 0 Å². The molecule has 13 nitrogen and oxygen atoms in total. The largest absolute Gasteiger partial charge is 0.507 e. The molecule has 0 spiro atoms. The van der Waals surface area contributed by atoms with Crippen molar-refractivity contribution >= 4 is 46.9 Å². The van der Waals surface area contributed by atoms with Crippen LogP contribution < -0.4 is 14.2 Å². The van der Waals surface area contributed by atoms with Gasteiger partial charge in [0, 0.05) is 29.2 Å². The number of halogens is 3. The summed E-state index contributed by atoms with van der Waals surface area (Å²) in [5.74, 6) is -0.573. The van der Waals surface area contributed by atoms with Crippen molar-refractivity contribution in [1.29, 1.82) is 5.26 Å². The number of amides is 1. The fraction of sp³-hybridized carbons (Fsp3) is 0.500. The highest BCUT2D eigenvalue weighted by molar-refractivity contribution is 6.67. The topological polar surface area (TPSA) is 171 Å². The number of rotatable bonds is 4. The minimum absolute atomic E-state index is 0.0376. The van der Waals surface area contributed by atoms with Gasteiger partial charge in [0.2, 0.25) is 10.6 Å². The van der Waals surface area contributed by atoms with Gasteiger partial charge in [-0.2, -0.15) is 5.26 Å². The second-order valence-electron chi connectivity index (χ2n) is 11.6. The molecule has 0 saturated carbocycles. The van der Waals surface area contributed by atoms with Gasteiger partial charge in [-0.25, -0.2) is 4.79 Å². The average molecular weight is 699 g/mol. The Bertz CT molecular complexity index is 1680. The first-order valence-corrected chi connectivity index (χ1v) is 15.4. The van der Waals surface area contributed by atoms with Crippen LogP contribution in [0.4, 0.5) is 4.79 Å². The second-order valence-corrected chi connectivity index (χ2v) is 14.1. The summed E-state index contributed by atoms with van der Waals surface area (Å²) in [6.45, 7) is 3.46. The highest BCUT2D eigenvalue weighted by Gasteiger charge is 2.62. The molecule has 0 radical (unpaired) electrons. The monoisotopic (exact) mass is 697 g/mol. The maximum Gasteiger partial charge on any atom is 0.410 e. The minimum Gasteiger partial charge on any atom is -0.507 e. The minimum atomic E-state index is -1.95. The molecule has 46 heavy (non-hydrogen) atoms. The number of nitriles is 1. The van der Waals surface area contributed by atoms with E-state index in [-0.39, 0.29) is 65.3 Å². The number of fused-ring (bicyclic) bond motifs is 9. The molecule has 246 valence electrons. The summed E-state index contributed by atoms with van der Waals surface area (Å²) in [6.07, 6.45) is -2.49. The molecule has 16 heteroatoms. The average Bonchev–Trinajstić information content (AvgIpc) is 3.47. The van der Waals surface area contributed by atoms with E-state index in [1.165, 1.54) is 18.9 Å². The molecule has 1 amide bonds. The van der Waals surface area contributed by atoms with E-state index >= 15 is 0 Å². The summed E-state index contributed by atoms with van der Waals surface area (Å²) in [5.41, 5.74) is 2.06. The zero-order chi connectivity index (χ0) is 33.4. The fourth-order valence-electron chi connectivity index (χ4n) is 7.43. The number of aliphatic hydroxyl groups excluding tert-OH is 1. The standard InChI is InChI=1S/C30H30Cl3N3O10/c1-11-5-14-6-15-16(7-34)35-17(8-43-13(3)37)19-20(23(38)12(2)27-28(19)46-10-45-27)24(39)22(35)21(18(14)25(40)26(11)42-4)36(15)29(41)44-9-30(31,32)33/h5,15-17,21-22,24,38-40H,6,8-10H2,1-4H3/t15?,16-,17?,21?,22+,24?/m0/s1. The Balaban J connectivity index is 1.64. The van der Waals surface area contributed by atoms with Crippen molar-refractivity contribution in [3.8, 4) is 34.8 Å². The molecule has 2 aromatic rings. The molecule has 2 bridgehead atoms. The number of aryl methyl sites for hydroxylation is 1. The number of carbonyl (C=O) groups is 2. The smallest absolute Gasteiger partial charge is 0.410 e. The summed E-state index contributed by atoms with van der Waals surface area (Å²) in [5, 5.41) is 46.2. The number of phenols is 2. The van der Waals surface area contributed by atoms with Crippen LogP contribution in [0, 0.1) is 25.2 Å². The van der Waals surface area contributed by atoms with E-state index in [4.69, 9.17) is 58.5 Å². The second kappa shape index (κ2) is 11.6. The van der Waals surface area contributed by atoms with Crippen LogP contribution >= 0.6 is 34.8 Å². The van der Waals surface area contributed by atoms with Gasteiger partial charge < -0.3 is 39.0 Å². The van der Waals surface area contributed by atoms with E-state index < -0.39 is 58.8 Å². The number of esters is 1. The number of benzene rings is 2. The number of ether oxygens (including phenoxy) is 5. The van der Waals surface area contributed by atoms with Gasteiger partial charge in [0.05, 0.1) is 37.3 Å². The first-order chi connectivity index (χ1) is 21.7. The Kier molecular flexibility index (Phi) is 8.18. The highest BCUT2D eigenvalue weighted by Crippen LogP contribution is 2.61. The lowest BCUT2D eigenvalue weighted by Crippen LogP contribution is -2.71. The van der Waals surface area contributed by atoms with Gasteiger partial charge in [-0.15, -0.1) is 0 Å². The third-order valence-electron chi connectivity index (χ3n) is 9.06. The normalized spacial score (nSPS) is 25.9. The molecule has 1 saturated heterocycles. The number of aliphatic hydroxyl groups is 1. The van der Waals surface area contributed by atoms with E-state index in [2.05, 4.69) is 6.07 Å². The zero-order valence-corrected chi connectivity index (χ0v) is 27.3. The molecule has 4 heterocycles. The van der Waals surface area contributed by atoms with Crippen LogP contribution in [0.1, 0.15) is 58.5 Å². The molecule has 0 aromatic heterocycles. The summed E-state index contributed by atoms with van der Waals surface area (Å²) in [6, 6.07) is -1.40. The van der Waals surface area contributed by atoms with Crippen molar-refractivity contribution in [2.45, 2.75) is 67.3 Å². The van der Waals surface area contributed by atoms with Gasteiger partial charge in [0.15, 0.2) is 23.0 Å². The summed E-state index contributed by atoms with van der Waals surface area (Å²) >= 11 is 17.7. The number of hydrogen-bond acceptors (Lipinski definition) is 12. The van der Waals surface area contributed by atoms with Gasteiger partial charge in [-0.1, -0.05) is 40.9 Å².